The molecule has 0 aromatic heterocycles. The molecule has 0 atom stereocenters. The number of nitrogens with one attached hydrogen (secondary N) is 1. The van der Waals surface area contributed by atoms with Gasteiger partial charge in [0.2, 0.25) is 0 Å². The van der Waals surface area contributed by atoms with Crippen molar-refractivity contribution in [2.45, 2.75) is 13.8 Å². The molecule has 1 aromatic rings. The van der Waals surface area contributed by atoms with Crippen molar-refractivity contribution in [2.24, 2.45) is 0 Å². The SMILES string of the molecule is C/C=C/C(=O)OCC(=O)Nc1cccc(C(C)=O)c1. The van der Waals surface area contributed by atoms with Crippen molar-refractivity contribution in [3.8, 4) is 0 Å². The number of benzene rings is 1. The van der Waals surface area contributed by atoms with Gasteiger partial charge in [-0.15, -0.1) is 0 Å². The summed E-state index contributed by atoms with van der Waals surface area (Å²) in [6.07, 6.45) is 2.75. The number of amides is 1. The minimum atomic E-state index is -0.574. The molecule has 5 nitrogen and oxygen atoms in total. The highest BCUT2D eigenvalue weighted by Gasteiger charge is 2.06. The minimum Gasteiger partial charge on any atom is -0.452 e. The normalized spacial score (nSPS) is 10.2. The summed E-state index contributed by atoms with van der Waals surface area (Å²) in [4.78, 5) is 33.7. The number of hydrogen-bond acceptors (Lipinski definition) is 4. The van der Waals surface area contributed by atoms with Crippen LogP contribution < -0.4 is 5.32 Å². The van der Waals surface area contributed by atoms with Gasteiger partial charge in [0.05, 0.1) is 0 Å². The summed E-state index contributed by atoms with van der Waals surface area (Å²) in [6.45, 7) is 2.75. The molecule has 0 saturated carbocycles. The average Bonchev–Trinajstić information content (AvgIpc) is 2.37. The standard InChI is InChI=1S/C14H15NO4/c1-3-5-14(18)19-9-13(17)15-12-7-4-6-11(8-12)10(2)16/h3-8H,9H2,1-2H3,(H,15,17)/b5-3+. The Kier molecular flexibility index (Phi) is 5.47. The third kappa shape index (κ3) is 5.16. The Labute approximate surface area is 111 Å². The van der Waals surface area contributed by atoms with Crippen molar-refractivity contribution >= 4 is 23.3 Å². The Morgan fingerprint density at radius 3 is 2.68 bits per heavy atom. The van der Waals surface area contributed by atoms with Gasteiger partial charge in [0.1, 0.15) is 0 Å². The van der Waals surface area contributed by atoms with Crippen LogP contribution in [-0.4, -0.2) is 24.3 Å². The average molecular weight is 261 g/mol. The number of anilines is 1. The fourth-order valence-corrected chi connectivity index (χ4v) is 1.33. The molecule has 1 N–H and O–H groups in total. The van der Waals surface area contributed by atoms with Crippen LogP contribution in [0.25, 0.3) is 0 Å². The van der Waals surface area contributed by atoms with Crippen molar-refractivity contribution in [1.29, 1.82) is 0 Å². The molecule has 0 aliphatic rings. The summed E-state index contributed by atoms with van der Waals surface area (Å²) in [7, 11) is 0. The van der Waals surface area contributed by atoms with Crippen LogP contribution in [0.1, 0.15) is 24.2 Å². The molecular formula is C14H15NO4. The zero-order chi connectivity index (χ0) is 14.3. The second-order valence-electron chi connectivity index (χ2n) is 3.79. The second kappa shape index (κ2) is 7.10. The van der Waals surface area contributed by atoms with E-state index in [1.807, 2.05) is 0 Å². The molecule has 0 unspecified atom stereocenters. The summed E-state index contributed by atoms with van der Waals surface area (Å²) in [5, 5.41) is 2.54. The van der Waals surface area contributed by atoms with Gasteiger partial charge in [-0.2, -0.15) is 0 Å². The molecule has 0 bridgehead atoms. The summed E-state index contributed by atoms with van der Waals surface area (Å²) < 4.78 is 4.69. The molecule has 0 saturated heterocycles. The highest BCUT2D eigenvalue weighted by molar-refractivity contribution is 5.97. The van der Waals surface area contributed by atoms with E-state index in [-0.39, 0.29) is 12.4 Å². The van der Waals surface area contributed by atoms with Crippen LogP contribution in [0.2, 0.25) is 0 Å². The lowest BCUT2D eigenvalue weighted by molar-refractivity contribution is -0.142. The van der Waals surface area contributed by atoms with Crippen molar-refractivity contribution in [2.75, 3.05) is 11.9 Å². The van der Waals surface area contributed by atoms with Gasteiger partial charge in [0, 0.05) is 17.3 Å². The third-order valence-corrected chi connectivity index (χ3v) is 2.20. The van der Waals surface area contributed by atoms with Gasteiger partial charge in [-0.05, 0) is 26.0 Å². The maximum Gasteiger partial charge on any atom is 0.330 e. The van der Waals surface area contributed by atoms with Crippen molar-refractivity contribution < 1.29 is 19.1 Å². The number of rotatable bonds is 5. The van der Waals surface area contributed by atoms with E-state index in [1.165, 1.54) is 19.1 Å². The first-order valence-electron chi connectivity index (χ1n) is 5.73. The number of ketones is 1. The van der Waals surface area contributed by atoms with Gasteiger partial charge in [-0.3, -0.25) is 9.59 Å². The largest absolute Gasteiger partial charge is 0.452 e. The highest BCUT2D eigenvalue weighted by atomic mass is 16.5. The lowest BCUT2D eigenvalue weighted by Crippen LogP contribution is -2.20. The maximum absolute atomic E-state index is 11.5. The van der Waals surface area contributed by atoms with E-state index in [0.717, 1.165) is 0 Å². The topological polar surface area (TPSA) is 72.5 Å². The van der Waals surface area contributed by atoms with E-state index in [9.17, 15) is 14.4 Å². The monoisotopic (exact) mass is 261 g/mol. The van der Waals surface area contributed by atoms with Crippen LogP contribution in [0.3, 0.4) is 0 Å². The van der Waals surface area contributed by atoms with Gasteiger partial charge < -0.3 is 10.1 Å². The van der Waals surface area contributed by atoms with Crippen LogP contribution in [0, 0.1) is 0 Å². The lowest BCUT2D eigenvalue weighted by Gasteiger charge is -2.06. The van der Waals surface area contributed by atoms with Crippen LogP contribution in [-0.2, 0) is 14.3 Å². The fraction of sp³-hybridized carbons (Fsp3) is 0.214. The quantitative estimate of drug-likeness (QED) is 0.499. The van der Waals surface area contributed by atoms with Crippen LogP contribution in [0.5, 0.6) is 0 Å². The molecule has 0 aliphatic carbocycles. The number of Topliss-reactive ketones (excluding diaryl/α,β-unsaturated/α-hetero) is 1. The predicted octanol–water partition coefficient (Wildman–Crippen LogP) is 1.95. The van der Waals surface area contributed by atoms with Crippen LogP contribution in [0.15, 0.2) is 36.4 Å². The second-order valence-corrected chi connectivity index (χ2v) is 3.79. The first-order chi connectivity index (χ1) is 9.02. The molecule has 5 heteroatoms. The third-order valence-electron chi connectivity index (χ3n) is 2.20. The van der Waals surface area contributed by atoms with E-state index in [1.54, 1.807) is 31.2 Å². The molecule has 1 aromatic carbocycles. The van der Waals surface area contributed by atoms with E-state index < -0.39 is 11.9 Å². The summed E-state index contributed by atoms with van der Waals surface area (Å²) in [6, 6.07) is 6.54. The number of carbonyl (C=O) groups is 3. The Hall–Kier alpha value is -2.43. The molecule has 19 heavy (non-hydrogen) atoms. The smallest absolute Gasteiger partial charge is 0.330 e. The Morgan fingerprint density at radius 2 is 2.05 bits per heavy atom. The maximum atomic E-state index is 11.5. The number of esters is 1. The molecule has 0 aliphatic heterocycles. The molecule has 0 spiro atoms. The van der Waals surface area contributed by atoms with Crippen molar-refractivity contribution in [1.82, 2.24) is 0 Å². The molecule has 0 fully saturated rings. The number of allylic oxidation sites excluding steroid dienone is 1. The summed E-state index contributed by atoms with van der Waals surface area (Å²) >= 11 is 0. The van der Waals surface area contributed by atoms with Gasteiger partial charge in [0.15, 0.2) is 12.4 Å². The van der Waals surface area contributed by atoms with E-state index in [2.05, 4.69) is 10.1 Å². The molecular weight excluding hydrogens is 246 g/mol. The molecule has 0 radical (unpaired) electrons. The molecule has 1 rings (SSSR count). The van der Waals surface area contributed by atoms with Gasteiger partial charge in [-0.25, -0.2) is 4.79 Å². The fourth-order valence-electron chi connectivity index (χ4n) is 1.33. The van der Waals surface area contributed by atoms with E-state index in [0.29, 0.717) is 11.3 Å². The number of ether oxygens (including phenoxy) is 1. The molecule has 0 heterocycles. The van der Waals surface area contributed by atoms with Crippen LogP contribution >= 0.6 is 0 Å². The van der Waals surface area contributed by atoms with Crippen LogP contribution in [0.4, 0.5) is 5.69 Å². The Bertz CT molecular complexity index is 520. The van der Waals surface area contributed by atoms with E-state index >= 15 is 0 Å². The predicted molar refractivity (Wildman–Crippen MR) is 70.8 cm³/mol. The Balaban J connectivity index is 2.55. The minimum absolute atomic E-state index is 0.0874. The van der Waals surface area contributed by atoms with Gasteiger partial charge >= 0.3 is 5.97 Å². The van der Waals surface area contributed by atoms with Gasteiger partial charge in [0.25, 0.3) is 5.91 Å². The zero-order valence-electron chi connectivity index (χ0n) is 10.8. The van der Waals surface area contributed by atoms with Gasteiger partial charge in [-0.1, -0.05) is 18.2 Å². The first-order valence-corrected chi connectivity index (χ1v) is 5.73. The summed E-state index contributed by atoms with van der Waals surface area (Å²) in [5.74, 6) is -1.12. The van der Waals surface area contributed by atoms with Crippen molar-refractivity contribution in [3.05, 3.63) is 42.0 Å². The van der Waals surface area contributed by atoms with Crippen molar-refractivity contribution in [3.63, 3.8) is 0 Å². The number of carbonyl (C=O) groups excluding carboxylic acids is 3. The zero-order valence-corrected chi connectivity index (χ0v) is 10.8. The lowest BCUT2D eigenvalue weighted by atomic mass is 10.1. The first kappa shape index (κ1) is 14.6. The Morgan fingerprint density at radius 1 is 1.32 bits per heavy atom. The molecule has 100 valence electrons. The summed E-state index contributed by atoms with van der Waals surface area (Å²) in [5.41, 5.74) is 0.989. The number of hydrogen-bond donors (Lipinski definition) is 1. The van der Waals surface area contributed by atoms with E-state index in [4.69, 9.17) is 0 Å². The highest BCUT2D eigenvalue weighted by Crippen LogP contribution is 2.10. The molecule has 1 amide bonds.